The number of furan rings is 1. The summed E-state index contributed by atoms with van der Waals surface area (Å²) < 4.78 is 44.9. The molecule has 0 fully saturated rings. The van der Waals surface area contributed by atoms with Crippen molar-refractivity contribution in [3.05, 3.63) is 64.4 Å². The van der Waals surface area contributed by atoms with Gasteiger partial charge in [0.25, 0.3) is 5.91 Å². The molecule has 0 bridgehead atoms. The summed E-state index contributed by atoms with van der Waals surface area (Å²) in [5.41, 5.74) is 1.88. The van der Waals surface area contributed by atoms with Gasteiger partial charge in [0.2, 0.25) is 0 Å². The van der Waals surface area contributed by atoms with E-state index >= 15 is 0 Å². The van der Waals surface area contributed by atoms with Crippen LogP contribution >= 0.6 is 0 Å². The maximum Gasteiger partial charge on any atom is 0.418 e. The summed E-state index contributed by atoms with van der Waals surface area (Å²) in [6.45, 7) is 5.51. The molecule has 0 saturated heterocycles. The Morgan fingerprint density at radius 2 is 1.68 bits per heavy atom. The highest BCUT2D eigenvalue weighted by molar-refractivity contribution is 6.07. The molecule has 0 aliphatic carbocycles. The topological polar surface area (TPSA) is 42.2 Å². The van der Waals surface area contributed by atoms with Crippen molar-refractivity contribution in [1.82, 2.24) is 0 Å². The van der Waals surface area contributed by atoms with Crippen molar-refractivity contribution >= 4 is 22.6 Å². The molecule has 0 spiro atoms. The first-order valence-corrected chi connectivity index (χ1v) is 7.67. The van der Waals surface area contributed by atoms with Crippen molar-refractivity contribution in [2.24, 2.45) is 0 Å². The van der Waals surface area contributed by atoms with Gasteiger partial charge in [-0.2, -0.15) is 13.2 Å². The molecule has 2 aromatic carbocycles. The van der Waals surface area contributed by atoms with Gasteiger partial charge >= 0.3 is 6.18 Å². The van der Waals surface area contributed by atoms with Gasteiger partial charge in [-0.3, -0.25) is 4.79 Å². The van der Waals surface area contributed by atoms with Crippen LogP contribution in [0.15, 0.2) is 40.8 Å². The Kier molecular flexibility index (Phi) is 4.06. The molecular weight excluding hydrogens is 331 g/mol. The number of amides is 1. The molecule has 0 aliphatic rings. The lowest BCUT2D eigenvalue weighted by molar-refractivity contribution is -0.136. The molecule has 3 rings (SSSR count). The van der Waals surface area contributed by atoms with Crippen LogP contribution < -0.4 is 5.32 Å². The van der Waals surface area contributed by atoms with Crippen molar-refractivity contribution in [3.8, 4) is 0 Å². The summed E-state index contributed by atoms with van der Waals surface area (Å²) in [6, 6.07) is 8.61. The Labute approximate surface area is 142 Å². The molecule has 3 nitrogen and oxygen atoms in total. The van der Waals surface area contributed by atoms with Crippen LogP contribution in [0, 0.1) is 20.8 Å². The fourth-order valence-corrected chi connectivity index (χ4v) is 2.75. The molecule has 3 aromatic rings. The van der Waals surface area contributed by atoms with Gasteiger partial charge in [0.15, 0.2) is 5.76 Å². The summed E-state index contributed by atoms with van der Waals surface area (Å²) in [5.74, 6) is -0.692. The zero-order chi connectivity index (χ0) is 18.4. The minimum absolute atomic E-state index is 0.0145. The molecule has 130 valence electrons. The number of fused-ring (bicyclic) bond motifs is 1. The van der Waals surface area contributed by atoms with Crippen LogP contribution in [0.1, 0.15) is 32.8 Å². The van der Waals surface area contributed by atoms with Gasteiger partial charge < -0.3 is 9.73 Å². The van der Waals surface area contributed by atoms with Gasteiger partial charge in [-0.25, -0.2) is 0 Å². The first kappa shape index (κ1) is 17.1. The molecule has 1 N–H and O–H groups in total. The Bertz CT molecular complexity index is 971. The van der Waals surface area contributed by atoms with Crippen LogP contribution in [0.4, 0.5) is 18.9 Å². The monoisotopic (exact) mass is 347 g/mol. The van der Waals surface area contributed by atoms with E-state index in [1.807, 2.05) is 26.0 Å². The third-order valence-corrected chi connectivity index (χ3v) is 4.31. The summed E-state index contributed by atoms with van der Waals surface area (Å²) in [7, 11) is 0. The maximum absolute atomic E-state index is 13.1. The zero-order valence-corrected chi connectivity index (χ0v) is 13.9. The molecule has 0 aliphatic heterocycles. The lowest BCUT2D eigenvalue weighted by Gasteiger charge is -2.12. The lowest BCUT2D eigenvalue weighted by Crippen LogP contribution is -2.16. The number of carbonyl (C=O) groups is 1. The number of nitrogens with one attached hydrogen (secondary N) is 1. The van der Waals surface area contributed by atoms with Gasteiger partial charge in [0.1, 0.15) is 5.58 Å². The van der Waals surface area contributed by atoms with Crippen LogP contribution in [0.2, 0.25) is 0 Å². The van der Waals surface area contributed by atoms with E-state index in [2.05, 4.69) is 5.32 Å². The number of benzene rings is 2. The number of para-hydroxylation sites is 1. The second kappa shape index (κ2) is 5.95. The van der Waals surface area contributed by atoms with E-state index < -0.39 is 17.6 Å². The number of anilines is 1. The molecule has 0 radical (unpaired) electrons. The minimum Gasteiger partial charge on any atom is -0.450 e. The molecule has 6 heteroatoms. The van der Waals surface area contributed by atoms with E-state index in [0.717, 1.165) is 22.6 Å². The summed E-state index contributed by atoms with van der Waals surface area (Å²) in [6.07, 6.45) is -4.56. The van der Waals surface area contributed by atoms with Crippen LogP contribution in [0.3, 0.4) is 0 Å². The quantitative estimate of drug-likeness (QED) is 0.653. The summed E-state index contributed by atoms with van der Waals surface area (Å²) in [4.78, 5) is 12.5. The molecule has 1 aromatic heterocycles. The second-order valence-corrected chi connectivity index (χ2v) is 5.94. The van der Waals surface area contributed by atoms with E-state index in [4.69, 9.17) is 4.42 Å². The number of alkyl halides is 3. The summed E-state index contributed by atoms with van der Waals surface area (Å²) in [5, 5.41) is 3.09. The van der Waals surface area contributed by atoms with E-state index in [9.17, 15) is 18.0 Å². The molecule has 25 heavy (non-hydrogen) atoms. The number of hydrogen-bond donors (Lipinski definition) is 1. The average Bonchev–Trinajstić information content (AvgIpc) is 2.88. The number of rotatable bonds is 2. The molecular formula is C19H16F3NO2. The second-order valence-electron chi connectivity index (χ2n) is 5.94. The lowest BCUT2D eigenvalue weighted by atomic mass is 10.0. The van der Waals surface area contributed by atoms with Crippen molar-refractivity contribution < 1.29 is 22.4 Å². The van der Waals surface area contributed by atoms with Crippen molar-refractivity contribution in [3.63, 3.8) is 0 Å². The van der Waals surface area contributed by atoms with Crippen molar-refractivity contribution in [2.45, 2.75) is 26.9 Å². The Hall–Kier alpha value is -2.76. The fourth-order valence-electron chi connectivity index (χ4n) is 2.75. The SMILES string of the molecule is Cc1ccc2c(C)c(C(=O)Nc3ccccc3C(F)(F)F)oc2c1C. The third-order valence-electron chi connectivity index (χ3n) is 4.31. The van der Waals surface area contributed by atoms with Crippen molar-refractivity contribution in [1.29, 1.82) is 0 Å². The Balaban J connectivity index is 2.02. The van der Waals surface area contributed by atoms with Crippen LogP contribution in [-0.2, 0) is 6.18 Å². The van der Waals surface area contributed by atoms with Gasteiger partial charge in [-0.1, -0.05) is 24.3 Å². The van der Waals surface area contributed by atoms with Crippen LogP contribution in [-0.4, -0.2) is 5.91 Å². The first-order valence-electron chi connectivity index (χ1n) is 7.67. The van der Waals surface area contributed by atoms with E-state index in [1.54, 1.807) is 6.92 Å². The average molecular weight is 347 g/mol. The zero-order valence-electron chi connectivity index (χ0n) is 13.9. The van der Waals surface area contributed by atoms with Crippen LogP contribution in [0.25, 0.3) is 11.0 Å². The number of carbonyl (C=O) groups excluding carboxylic acids is 1. The Morgan fingerprint density at radius 3 is 2.36 bits per heavy atom. The highest BCUT2D eigenvalue weighted by Crippen LogP contribution is 2.35. The molecule has 1 heterocycles. The minimum atomic E-state index is -4.56. The van der Waals surface area contributed by atoms with Crippen LogP contribution in [0.5, 0.6) is 0 Å². The van der Waals surface area contributed by atoms with E-state index in [0.29, 0.717) is 11.1 Å². The highest BCUT2D eigenvalue weighted by Gasteiger charge is 2.34. The number of hydrogen-bond acceptors (Lipinski definition) is 2. The smallest absolute Gasteiger partial charge is 0.418 e. The maximum atomic E-state index is 13.1. The van der Waals surface area contributed by atoms with E-state index in [1.165, 1.54) is 18.2 Å². The predicted octanol–water partition coefficient (Wildman–Crippen LogP) is 5.63. The number of halogens is 3. The van der Waals surface area contributed by atoms with Crippen molar-refractivity contribution in [2.75, 3.05) is 5.32 Å². The van der Waals surface area contributed by atoms with Gasteiger partial charge in [0, 0.05) is 10.9 Å². The normalized spacial score (nSPS) is 11.8. The Morgan fingerprint density at radius 1 is 1.00 bits per heavy atom. The third kappa shape index (κ3) is 2.99. The number of aryl methyl sites for hydroxylation is 3. The van der Waals surface area contributed by atoms with Gasteiger partial charge in [-0.05, 0) is 44.0 Å². The summed E-state index contributed by atoms with van der Waals surface area (Å²) >= 11 is 0. The molecule has 1 amide bonds. The van der Waals surface area contributed by atoms with Gasteiger partial charge in [-0.15, -0.1) is 0 Å². The fraction of sp³-hybridized carbons (Fsp3) is 0.211. The van der Waals surface area contributed by atoms with E-state index in [-0.39, 0.29) is 11.4 Å². The molecule has 0 unspecified atom stereocenters. The predicted molar refractivity (Wildman–Crippen MR) is 89.8 cm³/mol. The highest BCUT2D eigenvalue weighted by atomic mass is 19.4. The largest absolute Gasteiger partial charge is 0.450 e. The molecule has 0 saturated carbocycles. The standard InChI is InChI=1S/C19H16F3NO2/c1-10-8-9-13-12(3)17(25-16(13)11(10)2)18(24)23-15-7-5-4-6-14(15)19(20,21)22/h4-9H,1-3H3,(H,23,24). The van der Waals surface area contributed by atoms with Gasteiger partial charge in [0.05, 0.1) is 11.3 Å². The first-order chi connectivity index (χ1) is 11.7. The molecule has 0 atom stereocenters.